The van der Waals surface area contributed by atoms with E-state index in [1.54, 1.807) is 13.3 Å². The Morgan fingerprint density at radius 1 is 1.19 bits per heavy atom. The standard InChI is InChI=1S/C23H26ClN5O3/c1-30-21-14-20-19(13-22(21)32-9-3-6-29-7-10-31-11-8-29)23(26-16-25-20)28-27-15-17-4-2-5-18(24)12-17/h2,4-5,12-16H,3,6-11H2,1H3,(H,25,26,28)/b27-15+. The molecule has 32 heavy (non-hydrogen) atoms. The van der Waals surface area contributed by atoms with E-state index in [0.29, 0.717) is 28.9 Å². The van der Waals surface area contributed by atoms with Crippen molar-refractivity contribution in [2.45, 2.75) is 6.42 Å². The van der Waals surface area contributed by atoms with Gasteiger partial charge in [0.1, 0.15) is 6.33 Å². The van der Waals surface area contributed by atoms with Crippen LogP contribution in [0.3, 0.4) is 0 Å². The van der Waals surface area contributed by atoms with Gasteiger partial charge in [0.05, 0.1) is 38.7 Å². The molecule has 8 nitrogen and oxygen atoms in total. The number of rotatable bonds is 9. The Bertz CT molecular complexity index is 1070. The van der Waals surface area contributed by atoms with Crippen molar-refractivity contribution in [3.05, 3.63) is 53.3 Å². The van der Waals surface area contributed by atoms with Gasteiger partial charge in [-0.25, -0.2) is 9.97 Å². The van der Waals surface area contributed by atoms with Gasteiger partial charge >= 0.3 is 0 Å². The van der Waals surface area contributed by atoms with Gasteiger partial charge in [-0.05, 0) is 30.2 Å². The molecule has 9 heteroatoms. The maximum absolute atomic E-state index is 6.05. The Kier molecular flexibility index (Phi) is 7.71. The van der Waals surface area contributed by atoms with Gasteiger partial charge in [-0.3, -0.25) is 10.3 Å². The third-order valence-corrected chi connectivity index (χ3v) is 5.37. The lowest BCUT2D eigenvalue weighted by atomic mass is 10.2. The molecule has 3 aromatic rings. The normalized spacial score (nSPS) is 14.7. The molecule has 1 fully saturated rings. The van der Waals surface area contributed by atoms with Crippen molar-refractivity contribution in [2.75, 3.05) is 52.0 Å². The van der Waals surface area contributed by atoms with Gasteiger partial charge < -0.3 is 14.2 Å². The van der Waals surface area contributed by atoms with E-state index < -0.39 is 0 Å². The van der Waals surface area contributed by atoms with Crippen LogP contribution in [0, 0.1) is 0 Å². The van der Waals surface area contributed by atoms with Crippen LogP contribution in [0.15, 0.2) is 47.8 Å². The minimum atomic E-state index is 0.578. The number of ether oxygens (including phenoxy) is 3. The van der Waals surface area contributed by atoms with Crippen molar-refractivity contribution < 1.29 is 14.2 Å². The SMILES string of the molecule is COc1cc2ncnc(N/N=C/c3cccc(Cl)c3)c2cc1OCCCN1CCOCC1. The van der Waals surface area contributed by atoms with Gasteiger partial charge in [-0.15, -0.1) is 0 Å². The molecule has 0 unspecified atom stereocenters. The number of hydrazone groups is 1. The second kappa shape index (κ2) is 11.1. The fourth-order valence-corrected chi connectivity index (χ4v) is 3.67. The van der Waals surface area contributed by atoms with E-state index in [1.807, 2.05) is 36.4 Å². The molecule has 1 aliphatic rings. The van der Waals surface area contributed by atoms with Gasteiger partial charge in [0.25, 0.3) is 0 Å². The molecular formula is C23H26ClN5O3. The van der Waals surface area contributed by atoms with E-state index in [0.717, 1.165) is 55.7 Å². The summed E-state index contributed by atoms with van der Waals surface area (Å²) in [7, 11) is 1.62. The van der Waals surface area contributed by atoms with Crippen LogP contribution in [-0.2, 0) is 4.74 Å². The number of halogens is 1. The second-order valence-electron chi connectivity index (χ2n) is 7.32. The number of hydrogen-bond donors (Lipinski definition) is 1. The Hall–Kier alpha value is -2.94. The number of nitrogens with zero attached hydrogens (tertiary/aromatic N) is 4. The topological polar surface area (TPSA) is 81.1 Å². The van der Waals surface area contributed by atoms with Crippen LogP contribution in [0.2, 0.25) is 5.02 Å². The van der Waals surface area contributed by atoms with Crippen molar-refractivity contribution in [3.63, 3.8) is 0 Å². The number of morpholine rings is 1. The number of benzene rings is 2. The molecule has 0 saturated carbocycles. The van der Waals surface area contributed by atoms with Gasteiger partial charge in [-0.2, -0.15) is 5.10 Å². The smallest absolute Gasteiger partial charge is 0.162 e. The Morgan fingerprint density at radius 2 is 2.06 bits per heavy atom. The molecule has 4 rings (SSSR count). The maximum atomic E-state index is 6.05. The highest BCUT2D eigenvalue weighted by Gasteiger charge is 2.13. The maximum Gasteiger partial charge on any atom is 0.162 e. The molecule has 0 spiro atoms. The molecule has 1 N–H and O–H groups in total. The van der Waals surface area contributed by atoms with E-state index in [1.165, 1.54) is 6.33 Å². The minimum Gasteiger partial charge on any atom is -0.493 e. The van der Waals surface area contributed by atoms with Crippen LogP contribution in [0.25, 0.3) is 10.9 Å². The molecule has 1 saturated heterocycles. The highest BCUT2D eigenvalue weighted by atomic mass is 35.5. The summed E-state index contributed by atoms with van der Waals surface area (Å²) in [6.07, 6.45) is 4.09. The zero-order valence-electron chi connectivity index (χ0n) is 18.0. The summed E-state index contributed by atoms with van der Waals surface area (Å²) in [5.41, 5.74) is 4.61. The van der Waals surface area contributed by atoms with Gasteiger partial charge in [0, 0.05) is 36.1 Å². The number of fused-ring (bicyclic) bond motifs is 1. The second-order valence-corrected chi connectivity index (χ2v) is 7.76. The van der Waals surface area contributed by atoms with Gasteiger partial charge in [-0.1, -0.05) is 23.7 Å². The minimum absolute atomic E-state index is 0.578. The number of hydrogen-bond acceptors (Lipinski definition) is 8. The molecule has 1 aromatic heterocycles. The number of aromatic nitrogens is 2. The molecule has 0 radical (unpaired) electrons. The Balaban J connectivity index is 1.45. The van der Waals surface area contributed by atoms with Crippen molar-refractivity contribution in [3.8, 4) is 11.5 Å². The van der Waals surface area contributed by atoms with E-state index in [-0.39, 0.29) is 0 Å². The van der Waals surface area contributed by atoms with Crippen molar-refractivity contribution >= 4 is 34.5 Å². The molecule has 0 aliphatic carbocycles. The van der Waals surface area contributed by atoms with E-state index >= 15 is 0 Å². The molecule has 0 atom stereocenters. The predicted octanol–water partition coefficient (Wildman–Crippen LogP) is 3.84. The van der Waals surface area contributed by atoms with E-state index in [4.69, 9.17) is 25.8 Å². The Labute approximate surface area is 192 Å². The summed E-state index contributed by atoms with van der Waals surface area (Å²) in [6, 6.07) is 11.2. The summed E-state index contributed by atoms with van der Waals surface area (Å²) in [6.45, 7) is 5.11. The van der Waals surface area contributed by atoms with E-state index in [2.05, 4.69) is 25.4 Å². The summed E-state index contributed by atoms with van der Waals surface area (Å²) in [5.74, 6) is 1.86. The first-order chi connectivity index (χ1) is 15.7. The highest BCUT2D eigenvalue weighted by Crippen LogP contribution is 2.34. The number of nitrogens with one attached hydrogen (secondary N) is 1. The first-order valence-electron chi connectivity index (χ1n) is 10.5. The summed E-state index contributed by atoms with van der Waals surface area (Å²) < 4.78 is 17.0. The molecule has 0 amide bonds. The molecule has 0 bridgehead atoms. The lowest BCUT2D eigenvalue weighted by molar-refractivity contribution is 0.0357. The van der Waals surface area contributed by atoms with Gasteiger partial charge in [0.15, 0.2) is 17.3 Å². The van der Waals surface area contributed by atoms with Crippen molar-refractivity contribution in [1.29, 1.82) is 0 Å². The van der Waals surface area contributed by atoms with Crippen molar-refractivity contribution in [1.82, 2.24) is 14.9 Å². The third-order valence-electron chi connectivity index (χ3n) is 5.13. The van der Waals surface area contributed by atoms with Crippen LogP contribution in [0.1, 0.15) is 12.0 Å². The number of anilines is 1. The Morgan fingerprint density at radius 3 is 2.88 bits per heavy atom. The van der Waals surface area contributed by atoms with E-state index in [9.17, 15) is 0 Å². The first kappa shape index (κ1) is 22.3. The van der Waals surface area contributed by atoms with Crippen LogP contribution in [0.5, 0.6) is 11.5 Å². The van der Waals surface area contributed by atoms with Crippen LogP contribution in [-0.4, -0.2) is 67.6 Å². The average Bonchev–Trinajstić information content (AvgIpc) is 2.82. The van der Waals surface area contributed by atoms with Gasteiger partial charge in [0.2, 0.25) is 0 Å². The average molecular weight is 456 g/mol. The lowest BCUT2D eigenvalue weighted by Crippen LogP contribution is -2.37. The molecule has 2 heterocycles. The highest BCUT2D eigenvalue weighted by molar-refractivity contribution is 6.30. The predicted molar refractivity (Wildman–Crippen MR) is 126 cm³/mol. The largest absolute Gasteiger partial charge is 0.493 e. The zero-order chi connectivity index (χ0) is 22.2. The quantitative estimate of drug-likeness (QED) is 0.298. The van der Waals surface area contributed by atoms with Crippen LogP contribution in [0.4, 0.5) is 5.82 Å². The summed E-state index contributed by atoms with van der Waals surface area (Å²) in [5, 5.41) is 5.74. The van der Waals surface area contributed by atoms with Crippen LogP contribution >= 0.6 is 11.6 Å². The molecule has 1 aliphatic heterocycles. The third kappa shape index (κ3) is 5.85. The first-order valence-corrected chi connectivity index (χ1v) is 10.9. The number of methoxy groups -OCH3 is 1. The fraction of sp³-hybridized carbons (Fsp3) is 0.348. The fourth-order valence-electron chi connectivity index (χ4n) is 3.48. The molecule has 2 aromatic carbocycles. The molecule has 168 valence electrons. The summed E-state index contributed by atoms with van der Waals surface area (Å²) >= 11 is 6.02. The van der Waals surface area contributed by atoms with Crippen molar-refractivity contribution in [2.24, 2.45) is 5.10 Å². The molecular weight excluding hydrogens is 430 g/mol. The van der Waals surface area contributed by atoms with Crippen LogP contribution < -0.4 is 14.9 Å². The lowest BCUT2D eigenvalue weighted by Gasteiger charge is -2.26. The monoisotopic (exact) mass is 455 g/mol. The zero-order valence-corrected chi connectivity index (χ0v) is 18.7. The summed E-state index contributed by atoms with van der Waals surface area (Å²) in [4.78, 5) is 11.1.